The molecule has 1 aromatic carbocycles. The van der Waals surface area contributed by atoms with Crippen LogP contribution in [0.2, 0.25) is 15.9 Å². The molecule has 3 atom stereocenters. The molecule has 2 fully saturated rings. The van der Waals surface area contributed by atoms with Gasteiger partial charge in [0.25, 0.3) is 5.91 Å². The molecule has 1 amide bonds. The normalized spacial score (nSPS) is 21.9. The van der Waals surface area contributed by atoms with Crippen LogP contribution in [0.15, 0.2) is 18.2 Å². The number of rotatable bonds is 8. The zero-order chi connectivity index (χ0) is 25.0. The number of hydrogen-bond donors (Lipinski definition) is 1. The maximum absolute atomic E-state index is 12.8. The first kappa shape index (κ1) is 26.9. The van der Waals surface area contributed by atoms with Crippen LogP contribution in [0.25, 0.3) is 0 Å². The van der Waals surface area contributed by atoms with Crippen molar-refractivity contribution in [3.05, 3.63) is 33.8 Å². The summed E-state index contributed by atoms with van der Waals surface area (Å²) in [6.07, 6.45) is 0.456. The summed E-state index contributed by atoms with van der Waals surface area (Å²) in [6, 6.07) is 3.39. The van der Waals surface area contributed by atoms with Crippen molar-refractivity contribution in [3.63, 3.8) is 0 Å². The lowest BCUT2D eigenvalue weighted by atomic mass is 9.65. The number of amides is 1. The minimum absolute atomic E-state index is 0.0348. The van der Waals surface area contributed by atoms with Crippen molar-refractivity contribution in [2.75, 3.05) is 25.1 Å². The molecule has 2 saturated heterocycles. The number of Topliss-reactive ketones (excluding diaryl/α,β-unsaturated/α-hetero) is 1. The van der Waals surface area contributed by atoms with Crippen LogP contribution in [0.3, 0.4) is 0 Å². The van der Waals surface area contributed by atoms with Crippen molar-refractivity contribution in [2.24, 2.45) is 5.92 Å². The summed E-state index contributed by atoms with van der Waals surface area (Å²) in [6.45, 7) is 3.67. The number of ketones is 1. The molecule has 184 valence electrons. The molecule has 0 aromatic heterocycles. The molecule has 2 bridgehead atoms. The van der Waals surface area contributed by atoms with Crippen molar-refractivity contribution in [1.82, 2.24) is 10.2 Å². The lowest BCUT2D eigenvalue weighted by Crippen LogP contribution is -2.59. The predicted octanol–water partition coefficient (Wildman–Crippen LogP) is 3.10. The number of carbonyl (C=O) groups excluding carboxylic acids is 4. The first-order valence-corrected chi connectivity index (χ1v) is 12.9. The fraction of sp³-hybridized carbons (Fsp3) is 0.545. The zero-order valence-electron chi connectivity index (χ0n) is 19.2. The van der Waals surface area contributed by atoms with Crippen molar-refractivity contribution < 1.29 is 28.5 Å². The lowest BCUT2D eigenvalue weighted by Gasteiger charge is -2.40. The second-order valence-electron chi connectivity index (χ2n) is 8.92. The molecule has 8 nitrogen and oxygen atoms in total. The second kappa shape index (κ2) is 11.8. The van der Waals surface area contributed by atoms with Gasteiger partial charge in [0, 0.05) is 28.8 Å². The van der Waals surface area contributed by atoms with Crippen LogP contribution >= 0.6 is 35.0 Å². The molecule has 34 heavy (non-hydrogen) atoms. The Labute approximate surface area is 213 Å². The molecule has 1 aromatic rings. The quantitative estimate of drug-likeness (QED) is 0.513. The van der Waals surface area contributed by atoms with Gasteiger partial charge in [-0.1, -0.05) is 37.0 Å². The van der Waals surface area contributed by atoms with Crippen molar-refractivity contribution in [1.29, 1.82) is 0 Å². The van der Waals surface area contributed by atoms with Crippen LogP contribution in [0.4, 0.5) is 0 Å². The summed E-state index contributed by atoms with van der Waals surface area (Å²) in [7, 11) is 0.549. The molecular formula is C22H27BCl2N2O6S. The Kier molecular flexibility index (Phi) is 9.31. The maximum atomic E-state index is 12.8. The number of benzene rings is 1. The zero-order valence-corrected chi connectivity index (χ0v) is 21.5. The first-order valence-electron chi connectivity index (χ1n) is 11.0. The molecule has 2 aliphatic heterocycles. The van der Waals surface area contributed by atoms with Gasteiger partial charge in [-0.3, -0.25) is 24.1 Å². The van der Waals surface area contributed by atoms with E-state index in [4.69, 9.17) is 32.5 Å². The van der Waals surface area contributed by atoms with Crippen LogP contribution in [-0.2, 0) is 23.7 Å². The highest BCUT2D eigenvalue weighted by Gasteiger charge is 2.48. The molecule has 0 saturated carbocycles. The number of nitrogens with one attached hydrogen (secondary N) is 1. The molecule has 0 radical (unpaired) electrons. The van der Waals surface area contributed by atoms with Crippen LogP contribution in [0.5, 0.6) is 0 Å². The van der Waals surface area contributed by atoms with Gasteiger partial charge in [-0.05, 0) is 37.6 Å². The lowest BCUT2D eigenvalue weighted by molar-refractivity contribution is -0.153. The van der Waals surface area contributed by atoms with Gasteiger partial charge in [-0.2, -0.15) is 11.8 Å². The standard InChI is InChI=1S/C22H27BCl2N2O6S/c1-12(2)6-13(7-15(28)9-26-20(29)16-8-14(24)4-5-17(16)25)23-32-21(30)18-10-34-11-19(27(18)3)22(31)33-23/h4-5,8,12-13,18-19H,6-7,9-11H2,1-3H3,(H,26,29)/t13-,18-,19-/m1/s1. The minimum atomic E-state index is -1.16. The van der Waals surface area contributed by atoms with Gasteiger partial charge < -0.3 is 14.6 Å². The van der Waals surface area contributed by atoms with Crippen LogP contribution in [0, 0.1) is 5.92 Å². The summed E-state index contributed by atoms with van der Waals surface area (Å²) in [5.41, 5.74) is 0.164. The SMILES string of the molecule is CC(C)C[C@H](CC(=O)CNC(=O)c1cc(Cl)ccc1Cl)B1OC(=O)[C@H]2CSC[C@H](C(=O)O1)N2C. The second-order valence-corrected chi connectivity index (χ2v) is 10.8. The van der Waals surface area contributed by atoms with E-state index in [0.717, 1.165) is 0 Å². The summed E-state index contributed by atoms with van der Waals surface area (Å²) >= 11 is 13.5. The highest BCUT2D eigenvalue weighted by molar-refractivity contribution is 7.99. The largest absolute Gasteiger partial charge is 0.602 e. The van der Waals surface area contributed by atoms with E-state index in [1.807, 2.05) is 13.8 Å². The van der Waals surface area contributed by atoms with Crippen molar-refractivity contribution in [3.8, 4) is 0 Å². The summed E-state index contributed by atoms with van der Waals surface area (Å²) in [4.78, 5) is 52.5. The Bertz CT molecular complexity index is 939. The molecule has 0 spiro atoms. The summed E-state index contributed by atoms with van der Waals surface area (Å²) < 4.78 is 11.2. The number of halogens is 2. The molecule has 1 N–H and O–H groups in total. The third-order valence-electron chi connectivity index (χ3n) is 5.81. The number of thioether (sulfide) groups is 1. The average Bonchev–Trinajstić information content (AvgIpc) is 2.77. The Balaban J connectivity index is 1.68. The average molecular weight is 529 g/mol. The predicted molar refractivity (Wildman–Crippen MR) is 132 cm³/mol. The van der Waals surface area contributed by atoms with Gasteiger partial charge in [0.2, 0.25) is 0 Å². The molecule has 2 heterocycles. The Morgan fingerprint density at radius 3 is 2.38 bits per heavy atom. The van der Waals surface area contributed by atoms with Crippen LogP contribution < -0.4 is 5.32 Å². The minimum Gasteiger partial charge on any atom is -0.498 e. The topological polar surface area (TPSA) is 102 Å². The van der Waals surface area contributed by atoms with Crippen molar-refractivity contribution >= 4 is 65.7 Å². The number of hydrogen-bond acceptors (Lipinski definition) is 8. The molecular weight excluding hydrogens is 502 g/mol. The van der Waals surface area contributed by atoms with Gasteiger partial charge in [0.1, 0.15) is 12.1 Å². The van der Waals surface area contributed by atoms with E-state index in [9.17, 15) is 19.2 Å². The third kappa shape index (κ3) is 6.68. The smallest absolute Gasteiger partial charge is 0.498 e. The fourth-order valence-electron chi connectivity index (χ4n) is 4.02. The highest BCUT2D eigenvalue weighted by atomic mass is 35.5. The van der Waals surface area contributed by atoms with E-state index in [-0.39, 0.29) is 35.3 Å². The molecule has 0 aliphatic carbocycles. The first-order chi connectivity index (χ1) is 16.1. The van der Waals surface area contributed by atoms with E-state index < -0.39 is 42.9 Å². The van der Waals surface area contributed by atoms with Gasteiger partial charge in [0.15, 0.2) is 5.78 Å². The summed E-state index contributed by atoms with van der Waals surface area (Å²) in [5, 5.41) is 3.11. The molecule has 2 aliphatic rings. The monoisotopic (exact) mass is 528 g/mol. The van der Waals surface area contributed by atoms with Gasteiger partial charge in [-0.15, -0.1) is 0 Å². The molecule has 0 unspecified atom stereocenters. The van der Waals surface area contributed by atoms with Crippen molar-refractivity contribution in [2.45, 2.75) is 44.6 Å². The van der Waals surface area contributed by atoms with E-state index in [1.165, 1.54) is 23.9 Å². The number of likely N-dealkylation sites (N-methyl/N-ethyl adjacent to an activating group) is 1. The Hall–Kier alpha value is -1.75. The van der Waals surface area contributed by atoms with Crippen LogP contribution in [-0.4, -0.2) is 72.8 Å². The maximum Gasteiger partial charge on any atom is 0.602 e. The summed E-state index contributed by atoms with van der Waals surface area (Å²) in [5.74, 6) is -1.10. The third-order valence-corrected chi connectivity index (χ3v) is 7.48. The Morgan fingerprint density at radius 2 is 1.79 bits per heavy atom. The number of nitrogens with zero attached hydrogens (tertiary/aromatic N) is 1. The number of fused-ring (bicyclic) bond motifs is 2. The van der Waals surface area contributed by atoms with E-state index in [0.29, 0.717) is 22.9 Å². The van der Waals surface area contributed by atoms with Gasteiger partial charge in [0.05, 0.1) is 17.1 Å². The van der Waals surface area contributed by atoms with E-state index in [1.54, 1.807) is 18.0 Å². The number of carbonyl (C=O) groups is 4. The van der Waals surface area contributed by atoms with Gasteiger partial charge in [-0.25, -0.2) is 0 Å². The highest BCUT2D eigenvalue weighted by Crippen LogP contribution is 2.31. The molecule has 3 rings (SSSR count). The Morgan fingerprint density at radius 1 is 1.18 bits per heavy atom. The fourth-order valence-corrected chi connectivity index (χ4v) is 5.72. The van der Waals surface area contributed by atoms with Crippen LogP contribution in [0.1, 0.15) is 37.0 Å². The van der Waals surface area contributed by atoms with E-state index in [2.05, 4.69) is 5.32 Å². The van der Waals surface area contributed by atoms with E-state index >= 15 is 0 Å². The van der Waals surface area contributed by atoms with Gasteiger partial charge >= 0.3 is 19.1 Å². The molecule has 12 heteroatoms.